The summed E-state index contributed by atoms with van der Waals surface area (Å²) in [5.74, 6) is 6.37. The molecule has 2 aromatic carbocycles. The van der Waals surface area contributed by atoms with Gasteiger partial charge >= 0.3 is 0 Å². The van der Waals surface area contributed by atoms with Gasteiger partial charge in [0.1, 0.15) is 0 Å². The van der Waals surface area contributed by atoms with E-state index in [1.807, 2.05) is 0 Å². The van der Waals surface area contributed by atoms with Crippen LogP contribution in [0, 0.1) is 11.8 Å². The van der Waals surface area contributed by atoms with Gasteiger partial charge in [-0.2, -0.15) is 0 Å². The lowest BCUT2D eigenvalue weighted by atomic mass is 9.85. The molecule has 0 N–H and O–H groups in total. The molecule has 1 unspecified atom stereocenters. The van der Waals surface area contributed by atoms with Gasteiger partial charge in [0.2, 0.25) is 0 Å². The Morgan fingerprint density at radius 2 is 1.68 bits per heavy atom. The molecule has 3 rings (SSSR count). The Morgan fingerprint density at radius 3 is 2.42 bits per heavy atom. The fraction of sp³-hybridized carbons (Fsp3) is 0.222. The van der Waals surface area contributed by atoms with Crippen LogP contribution >= 0.6 is 9.24 Å². The highest BCUT2D eigenvalue weighted by atomic mass is 31.0. The molecule has 19 heavy (non-hydrogen) atoms. The Kier molecular flexibility index (Phi) is 3.41. The van der Waals surface area contributed by atoms with Crippen LogP contribution in [-0.2, 0) is 12.8 Å². The van der Waals surface area contributed by atoms with Gasteiger partial charge in [0.05, 0.1) is 0 Å². The summed E-state index contributed by atoms with van der Waals surface area (Å²) in [6, 6.07) is 13.3. The molecule has 94 valence electrons. The molecule has 0 amide bonds. The Balaban J connectivity index is 2.08. The molecule has 0 bridgehead atoms. The molecule has 1 aliphatic rings. The normalized spacial score (nSPS) is 12.1. The highest BCUT2D eigenvalue weighted by molar-refractivity contribution is 7.27. The summed E-state index contributed by atoms with van der Waals surface area (Å²) >= 11 is 0. The van der Waals surface area contributed by atoms with E-state index in [2.05, 4.69) is 64.4 Å². The smallest absolute Gasteiger partial charge is 0.0248 e. The third-order valence-corrected chi connectivity index (χ3v) is 3.96. The van der Waals surface area contributed by atoms with Crippen LogP contribution in [0.15, 0.2) is 36.4 Å². The van der Waals surface area contributed by atoms with Crippen molar-refractivity contribution < 1.29 is 0 Å². The first-order chi connectivity index (χ1) is 9.28. The largest absolute Gasteiger partial charge is 0.106 e. The van der Waals surface area contributed by atoms with Crippen molar-refractivity contribution in [3.05, 3.63) is 53.1 Å². The van der Waals surface area contributed by atoms with Gasteiger partial charge in [-0.15, -0.1) is 9.24 Å². The highest BCUT2D eigenvalue weighted by Gasteiger charge is 2.15. The molecule has 0 aliphatic heterocycles. The minimum Gasteiger partial charge on any atom is -0.106 e. The fourth-order valence-electron chi connectivity index (χ4n) is 2.68. The molecule has 1 heteroatoms. The zero-order valence-corrected chi connectivity index (χ0v) is 12.3. The van der Waals surface area contributed by atoms with Crippen molar-refractivity contribution in [3.63, 3.8) is 0 Å². The van der Waals surface area contributed by atoms with Crippen molar-refractivity contribution in [2.24, 2.45) is 0 Å². The lowest BCUT2D eigenvalue weighted by molar-refractivity contribution is 0.942. The summed E-state index contributed by atoms with van der Waals surface area (Å²) in [4.78, 5) is 0. The first-order valence-electron chi connectivity index (χ1n) is 6.78. The van der Waals surface area contributed by atoms with Crippen molar-refractivity contribution >= 4 is 14.5 Å². The Hall–Kier alpha value is -1.57. The molecule has 0 nitrogen and oxygen atoms in total. The number of aryl methyl sites for hydroxylation is 2. The zero-order chi connectivity index (χ0) is 13.2. The maximum atomic E-state index is 3.22. The second-order valence-electron chi connectivity index (χ2n) is 4.94. The number of benzene rings is 2. The summed E-state index contributed by atoms with van der Waals surface area (Å²) < 4.78 is 0. The molecule has 0 spiro atoms. The van der Waals surface area contributed by atoms with Crippen LogP contribution in [0.25, 0.3) is 11.1 Å². The van der Waals surface area contributed by atoms with E-state index in [4.69, 9.17) is 0 Å². The van der Waals surface area contributed by atoms with E-state index in [0.29, 0.717) is 0 Å². The van der Waals surface area contributed by atoms with E-state index in [9.17, 15) is 0 Å². The molecule has 1 aliphatic carbocycles. The van der Waals surface area contributed by atoms with Gasteiger partial charge in [-0.1, -0.05) is 43.0 Å². The number of hydrogen-bond acceptors (Lipinski definition) is 0. The van der Waals surface area contributed by atoms with Gasteiger partial charge in [-0.25, -0.2) is 0 Å². The van der Waals surface area contributed by atoms with Gasteiger partial charge in [0, 0.05) is 12.0 Å². The van der Waals surface area contributed by atoms with E-state index >= 15 is 0 Å². The van der Waals surface area contributed by atoms with E-state index in [1.54, 1.807) is 0 Å². The summed E-state index contributed by atoms with van der Waals surface area (Å²) in [6.07, 6.45) is 3.17. The second-order valence-corrected chi connectivity index (χ2v) is 5.61. The molecule has 2 aromatic rings. The Labute approximate surface area is 117 Å². The lowest BCUT2D eigenvalue weighted by Gasteiger charge is -2.20. The molecule has 1 atom stereocenters. The van der Waals surface area contributed by atoms with E-state index in [-0.39, 0.29) is 0 Å². The quantitative estimate of drug-likeness (QED) is 0.502. The van der Waals surface area contributed by atoms with Crippen molar-refractivity contribution in [3.8, 4) is 23.0 Å². The van der Waals surface area contributed by atoms with E-state index in [0.717, 1.165) is 24.8 Å². The van der Waals surface area contributed by atoms with Crippen LogP contribution in [0.4, 0.5) is 0 Å². The summed E-state index contributed by atoms with van der Waals surface area (Å²) in [7, 11) is 2.78. The molecule has 0 aromatic heterocycles. The number of hydrogen-bond donors (Lipinski definition) is 0. The van der Waals surface area contributed by atoms with Crippen molar-refractivity contribution in [1.82, 2.24) is 0 Å². The Bertz CT molecular complexity index is 687. The predicted molar refractivity (Wildman–Crippen MR) is 85.8 cm³/mol. The van der Waals surface area contributed by atoms with Crippen molar-refractivity contribution in [1.29, 1.82) is 0 Å². The minimum atomic E-state index is 0.914. The standard InChI is InChI=1S/C18H17P/c1-2-3-4-13-5-9-17-14(11-13)6-7-15-12-16(19)8-10-18(15)17/h5,8-12H,2,6-7,19H2,1H3. The maximum absolute atomic E-state index is 3.22. The molecule has 0 radical (unpaired) electrons. The number of rotatable bonds is 0. The molecule has 0 fully saturated rings. The second kappa shape index (κ2) is 5.20. The SMILES string of the molecule is CCC#Cc1ccc2c(c1)CCc1cc(P)ccc1-2. The Morgan fingerprint density at radius 1 is 1.00 bits per heavy atom. The van der Waals surface area contributed by atoms with Crippen molar-refractivity contribution in [2.45, 2.75) is 26.2 Å². The van der Waals surface area contributed by atoms with E-state index < -0.39 is 0 Å². The van der Waals surface area contributed by atoms with Crippen LogP contribution in [0.1, 0.15) is 30.0 Å². The monoisotopic (exact) mass is 264 g/mol. The molecular weight excluding hydrogens is 247 g/mol. The van der Waals surface area contributed by atoms with Gasteiger partial charge in [0.25, 0.3) is 0 Å². The van der Waals surface area contributed by atoms with Gasteiger partial charge < -0.3 is 0 Å². The molecule has 0 heterocycles. The van der Waals surface area contributed by atoms with E-state index in [1.165, 1.54) is 27.6 Å². The van der Waals surface area contributed by atoms with Gasteiger partial charge in [-0.3, -0.25) is 0 Å². The average molecular weight is 264 g/mol. The predicted octanol–water partition coefficient (Wildman–Crippen LogP) is 3.71. The van der Waals surface area contributed by atoms with Gasteiger partial charge in [-0.05, 0) is 52.5 Å². The first kappa shape index (κ1) is 12.5. The summed E-state index contributed by atoms with van der Waals surface area (Å²) in [5, 5.41) is 1.27. The van der Waals surface area contributed by atoms with Crippen molar-refractivity contribution in [2.75, 3.05) is 0 Å². The fourth-order valence-corrected chi connectivity index (χ4v) is 2.98. The van der Waals surface area contributed by atoms with Crippen LogP contribution in [0.5, 0.6) is 0 Å². The molecule has 0 saturated carbocycles. The minimum absolute atomic E-state index is 0.914. The number of fused-ring (bicyclic) bond motifs is 3. The topological polar surface area (TPSA) is 0 Å². The van der Waals surface area contributed by atoms with Crippen LogP contribution in [0.2, 0.25) is 0 Å². The summed E-state index contributed by atoms with van der Waals surface area (Å²) in [5.41, 5.74) is 6.82. The highest BCUT2D eigenvalue weighted by Crippen LogP contribution is 2.33. The lowest BCUT2D eigenvalue weighted by Crippen LogP contribution is -2.06. The molecule has 0 saturated heterocycles. The average Bonchev–Trinajstić information content (AvgIpc) is 2.44. The van der Waals surface area contributed by atoms with Crippen LogP contribution in [-0.4, -0.2) is 0 Å². The van der Waals surface area contributed by atoms with Crippen LogP contribution in [0.3, 0.4) is 0 Å². The third kappa shape index (κ3) is 2.44. The first-order valence-corrected chi connectivity index (χ1v) is 7.36. The van der Waals surface area contributed by atoms with Crippen LogP contribution < -0.4 is 5.30 Å². The maximum Gasteiger partial charge on any atom is 0.0248 e. The zero-order valence-electron chi connectivity index (χ0n) is 11.2. The third-order valence-electron chi connectivity index (χ3n) is 3.60. The van der Waals surface area contributed by atoms with Gasteiger partial charge in [0.15, 0.2) is 0 Å². The molecular formula is C18H17P. The summed E-state index contributed by atoms with van der Waals surface area (Å²) in [6.45, 7) is 2.09.